The van der Waals surface area contributed by atoms with Gasteiger partial charge in [-0.3, -0.25) is 12.2 Å². The van der Waals surface area contributed by atoms with E-state index in [9.17, 15) is 26.3 Å². The maximum absolute atomic E-state index is 11.8. The Hall–Kier alpha value is -3.83. The van der Waals surface area contributed by atoms with Gasteiger partial charge in [0.15, 0.2) is 0 Å². The predicted molar refractivity (Wildman–Crippen MR) is 249 cm³/mol. The quantitative estimate of drug-likeness (QED) is 0.122. The van der Waals surface area contributed by atoms with E-state index in [0.29, 0.717) is 11.3 Å². The third kappa shape index (κ3) is 10.7. The zero-order valence-electron chi connectivity index (χ0n) is 39.0. The first-order chi connectivity index (χ1) is 30.5. The van der Waals surface area contributed by atoms with Gasteiger partial charge in [0.1, 0.15) is 0 Å². The van der Waals surface area contributed by atoms with Crippen LogP contribution in [-0.4, -0.2) is 4.21 Å². The molecule has 0 aliphatic heterocycles. The van der Waals surface area contributed by atoms with Gasteiger partial charge in [-0.25, -0.2) is 11.1 Å². The summed E-state index contributed by atoms with van der Waals surface area (Å²) in [6, 6.07) is 23.8. The molecule has 0 aromatic heterocycles. The van der Waals surface area contributed by atoms with Gasteiger partial charge in [-0.15, -0.1) is 11.6 Å². The summed E-state index contributed by atoms with van der Waals surface area (Å²) in [5.41, 5.74) is 17.0. The Morgan fingerprint density at radius 2 is 1.17 bits per heavy atom. The molecule has 0 amide bonds. The van der Waals surface area contributed by atoms with Crippen molar-refractivity contribution in [3.05, 3.63) is 165 Å². The molecule has 4 aromatic carbocycles. The third-order valence-electron chi connectivity index (χ3n) is 14.6. The fraction of sp³-hybridized carbons (Fsp3) is 0.431. The van der Waals surface area contributed by atoms with Crippen molar-refractivity contribution in [1.29, 1.82) is 0 Å². The SMILES string of the molecule is CC1=[C-]C(C)(C)c2cc3c(cc21)-c1cc2c(cc1C3)C(C)(C)C=C2C.CC1=[C-]C(C)C=C1CC12CC3CC(CC(C3)C1)C2.FC(F)(F)c1c[c-]ccc1.FC(F)(F)c1c[c-]ccc1.[CH2]=[Zr]. The molecular formula is C58H60F6Zr-4. The van der Waals surface area contributed by atoms with E-state index in [2.05, 4.69) is 120 Å². The molecule has 0 nitrogen and oxygen atoms in total. The van der Waals surface area contributed by atoms with Gasteiger partial charge < -0.3 is 0 Å². The molecule has 8 aliphatic carbocycles. The van der Waals surface area contributed by atoms with Crippen LogP contribution >= 0.6 is 0 Å². The second-order valence-electron chi connectivity index (χ2n) is 20.6. The Kier molecular flexibility index (Phi) is 14.1. The minimum atomic E-state index is -4.24. The van der Waals surface area contributed by atoms with Crippen molar-refractivity contribution in [3.8, 4) is 11.1 Å². The number of benzene rings is 4. The van der Waals surface area contributed by atoms with Crippen LogP contribution in [0.4, 0.5) is 26.3 Å². The average Bonchev–Trinajstić information content (AvgIpc) is 3.89. The molecule has 342 valence electrons. The van der Waals surface area contributed by atoms with E-state index in [-0.39, 0.29) is 10.8 Å². The van der Waals surface area contributed by atoms with Crippen LogP contribution in [0.1, 0.15) is 145 Å². The Labute approximate surface area is 398 Å². The van der Waals surface area contributed by atoms with Crippen molar-refractivity contribution in [2.24, 2.45) is 29.1 Å². The fourth-order valence-electron chi connectivity index (χ4n) is 12.4. The summed E-state index contributed by atoms with van der Waals surface area (Å²) in [6.07, 6.45) is 15.4. The zero-order chi connectivity index (χ0) is 47.3. The van der Waals surface area contributed by atoms with Crippen LogP contribution in [0.15, 0.2) is 96.1 Å². The van der Waals surface area contributed by atoms with Gasteiger partial charge in [0.2, 0.25) is 0 Å². The topological polar surface area (TPSA) is 0 Å². The minimum absolute atomic E-state index is 0.0340. The van der Waals surface area contributed by atoms with Crippen LogP contribution in [0.25, 0.3) is 22.3 Å². The molecule has 0 heterocycles. The van der Waals surface area contributed by atoms with Gasteiger partial charge >= 0.3 is 40.8 Å². The van der Waals surface area contributed by atoms with Gasteiger partial charge in [0.05, 0.1) is 0 Å². The van der Waals surface area contributed by atoms with Crippen LogP contribution in [0, 0.1) is 53.4 Å². The van der Waals surface area contributed by atoms with E-state index in [0.717, 1.165) is 48.4 Å². The molecule has 4 saturated carbocycles. The number of fused-ring (bicyclic) bond motifs is 5. The monoisotopic (exact) mass is 960 g/mol. The van der Waals surface area contributed by atoms with Gasteiger partial charge in [0, 0.05) is 5.41 Å². The van der Waals surface area contributed by atoms with Crippen LogP contribution < -0.4 is 0 Å². The van der Waals surface area contributed by atoms with Crippen molar-refractivity contribution in [2.75, 3.05) is 0 Å². The molecular weight excluding hydrogens is 902 g/mol. The molecule has 0 radical (unpaired) electrons. The van der Waals surface area contributed by atoms with Gasteiger partial charge in [0.25, 0.3) is 0 Å². The van der Waals surface area contributed by atoms with E-state index in [1.807, 2.05) is 0 Å². The number of alkyl halides is 6. The summed E-state index contributed by atoms with van der Waals surface area (Å²) >= 11 is 1.30. The Morgan fingerprint density at radius 3 is 1.60 bits per heavy atom. The molecule has 1 unspecified atom stereocenters. The summed E-state index contributed by atoms with van der Waals surface area (Å²) in [4.78, 5) is 0. The van der Waals surface area contributed by atoms with E-state index in [1.54, 1.807) is 44.1 Å². The van der Waals surface area contributed by atoms with Crippen LogP contribution in [0.3, 0.4) is 0 Å². The standard InChI is InChI=1S/C25H25.C18H25.2C7H4F3.CH2.Zr/c1-14-12-24(3,4)22-8-16-7-17-9-23-19(15(2)13-25(23,5)6)11-21(17)20(16)10-18(14)22;1-12-3-13(2)17(4-12)11-18-8-14-5-15(9-18)7-16(6-14)10-18;2*8-7(9,10)6-4-2-1-3-5-6;;/h8-12H,7H2,1-6H3;4,12,14-16H,5-11H2,1-2H3;2*1-2,4-5H;1H2;/q4*-1;;. The molecule has 8 aliphatic rings. The molecule has 4 bridgehead atoms. The molecule has 0 spiro atoms. The van der Waals surface area contributed by atoms with E-state index >= 15 is 0 Å². The molecule has 1 atom stereocenters. The summed E-state index contributed by atoms with van der Waals surface area (Å²) in [7, 11) is 0. The van der Waals surface area contributed by atoms with Crippen molar-refractivity contribution in [3.63, 3.8) is 0 Å². The van der Waals surface area contributed by atoms with Crippen molar-refractivity contribution in [1.82, 2.24) is 0 Å². The normalized spacial score (nSPS) is 25.2. The Morgan fingerprint density at radius 1 is 0.677 bits per heavy atom. The molecule has 4 fully saturated rings. The second kappa shape index (κ2) is 18.7. The first-order valence-electron chi connectivity index (χ1n) is 22.9. The van der Waals surface area contributed by atoms with Gasteiger partial charge in [-0.2, -0.15) is 104 Å². The molecule has 0 saturated heterocycles. The van der Waals surface area contributed by atoms with Crippen molar-refractivity contribution >= 4 is 15.4 Å². The first-order valence-corrected chi connectivity index (χ1v) is 24.6. The summed E-state index contributed by atoms with van der Waals surface area (Å²) in [5, 5.41) is 0. The van der Waals surface area contributed by atoms with E-state index < -0.39 is 23.5 Å². The van der Waals surface area contributed by atoms with Crippen molar-refractivity contribution in [2.45, 2.75) is 130 Å². The van der Waals surface area contributed by atoms with E-state index in [4.69, 9.17) is 0 Å². The number of halogens is 6. The maximum atomic E-state index is 11.8. The number of rotatable bonds is 2. The Bertz CT molecular complexity index is 2340. The second-order valence-corrected chi connectivity index (χ2v) is 20.6. The van der Waals surface area contributed by atoms with E-state index in [1.165, 1.54) is 116 Å². The first kappa shape index (κ1) is 49.1. The fourth-order valence-corrected chi connectivity index (χ4v) is 12.4. The van der Waals surface area contributed by atoms with Crippen molar-refractivity contribution < 1.29 is 50.6 Å². The summed E-state index contributed by atoms with van der Waals surface area (Å²) in [5.74, 6) is 3.82. The predicted octanol–water partition coefficient (Wildman–Crippen LogP) is 16.3. The summed E-state index contributed by atoms with van der Waals surface area (Å²) < 4.78 is 73.9. The van der Waals surface area contributed by atoms with Crippen LogP contribution in [-0.2, 0) is 53.8 Å². The average molecular weight is 962 g/mol. The zero-order valence-corrected chi connectivity index (χ0v) is 41.5. The molecule has 65 heavy (non-hydrogen) atoms. The molecule has 7 heteroatoms. The van der Waals surface area contributed by atoms with Crippen LogP contribution in [0.2, 0.25) is 0 Å². The number of allylic oxidation sites excluding steroid dienone is 8. The molecule has 0 N–H and O–H groups in total. The number of hydrogen-bond donors (Lipinski definition) is 0. The van der Waals surface area contributed by atoms with Gasteiger partial charge in [-0.05, 0) is 120 Å². The molecule has 12 rings (SSSR count). The number of hydrogen-bond acceptors (Lipinski definition) is 0. The van der Waals surface area contributed by atoms with Crippen LogP contribution in [0.5, 0.6) is 0 Å². The summed E-state index contributed by atoms with van der Waals surface area (Å²) in [6.45, 7) is 18.2. The molecule has 4 aromatic rings. The third-order valence-corrected chi connectivity index (χ3v) is 14.6. The Balaban J connectivity index is 0.000000138. The van der Waals surface area contributed by atoms with Gasteiger partial charge in [-0.1, -0.05) is 95.6 Å².